The monoisotopic (exact) mass is 393 g/mol. The molecule has 0 spiro atoms. The van der Waals surface area contributed by atoms with Crippen LogP contribution in [0.3, 0.4) is 0 Å². The number of carboxylic acids is 1. The maximum absolute atomic E-state index is 13.0. The molecule has 0 saturated heterocycles. The van der Waals surface area contributed by atoms with Gasteiger partial charge in [0, 0.05) is 7.05 Å². The molecule has 0 fully saturated rings. The number of nitrogens with zero attached hydrogens (tertiary/aromatic N) is 2. The quantitative estimate of drug-likeness (QED) is 0.660. The number of carbonyl (C=O) groups is 2. The number of hydrogen-bond acceptors (Lipinski definition) is 4. The van der Waals surface area contributed by atoms with E-state index in [9.17, 15) is 9.59 Å². The summed E-state index contributed by atoms with van der Waals surface area (Å²) >= 11 is 0. The largest absolute Gasteiger partial charge is 0.478 e. The van der Waals surface area contributed by atoms with Gasteiger partial charge in [-0.05, 0) is 56.2 Å². The normalized spacial score (nSPS) is 11.7. The summed E-state index contributed by atoms with van der Waals surface area (Å²) in [6.45, 7) is 5.55. The van der Waals surface area contributed by atoms with E-state index in [4.69, 9.17) is 9.84 Å². The first kappa shape index (κ1) is 20.1. The van der Waals surface area contributed by atoms with Gasteiger partial charge in [0.15, 0.2) is 0 Å². The molecule has 1 unspecified atom stereocenters. The van der Waals surface area contributed by atoms with Crippen LogP contribution >= 0.6 is 0 Å². The maximum Gasteiger partial charge on any atom is 0.335 e. The van der Waals surface area contributed by atoms with Crippen molar-refractivity contribution in [2.24, 2.45) is 7.05 Å². The van der Waals surface area contributed by atoms with Crippen LogP contribution in [0.5, 0.6) is 11.6 Å². The lowest BCUT2D eigenvalue weighted by atomic mass is 10.1. The lowest BCUT2D eigenvalue weighted by Crippen LogP contribution is -2.27. The third-order valence-corrected chi connectivity index (χ3v) is 4.61. The van der Waals surface area contributed by atoms with Crippen LogP contribution in [0.4, 0.5) is 0 Å². The predicted molar refractivity (Wildman–Crippen MR) is 108 cm³/mol. The number of aromatic carboxylic acids is 1. The molecule has 0 aliphatic rings. The highest BCUT2D eigenvalue weighted by molar-refractivity contribution is 5.98. The molecule has 1 aromatic heterocycles. The molecule has 7 nitrogen and oxygen atoms in total. The summed E-state index contributed by atoms with van der Waals surface area (Å²) in [5.41, 5.74) is 2.96. The standard InChI is InChI=1S/C22H23N3O4/c1-13-6-5-7-18(12-13)29-21-19(15(3)24-25(21)4)20(26)23-14(2)16-8-10-17(11-9-16)22(27)28/h5-12,14H,1-4H3,(H,23,26)(H,27,28). The summed E-state index contributed by atoms with van der Waals surface area (Å²) in [5.74, 6) is -0.316. The van der Waals surface area contributed by atoms with Gasteiger partial charge >= 0.3 is 5.97 Å². The van der Waals surface area contributed by atoms with E-state index in [1.54, 1.807) is 30.8 Å². The molecule has 150 valence electrons. The van der Waals surface area contributed by atoms with E-state index in [-0.39, 0.29) is 17.5 Å². The first-order valence-electron chi connectivity index (χ1n) is 9.18. The Morgan fingerprint density at radius 1 is 1.14 bits per heavy atom. The Balaban J connectivity index is 1.82. The van der Waals surface area contributed by atoms with Gasteiger partial charge in [-0.25, -0.2) is 9.48 Å². The summed E-state index contributed by atoms with van der Waals surface area (Å²) in [6.07, 6.45) is 0. The average molecular weight is 393 g/mol. The summed E-state index contributed by atoms with van der Waals surface area (Å²) in [6, 6.07) is 13.6. The van der Waals surface area contributed by atoms with Crippen LogP contribution in [0.2, 0.25) is 0 Å². The van der Waals surface area contributed by atoms with Crippen LogP contribution in [-0.2, 0) is 7.05 Å². The third kappa shape index (κ3) is 4.45. The molecule has 0 saturated carbocycles. The predicted octanol–water partition coefficient (Wildman–Crippen LogP) is 4.02. The van der Waals surface area contributed by atoms with Crippen LogP contribution in [0.1, 0.15) is 50.5 Å². The molecule has 0 aliphatic carbocycles. The fraction of sp³-hybridized carbons (Fsp3) is 0.227. The van der Waals surface area contributed by atoms with Crippen molar-refractivity contribution in [1.29, 1.82) is 0 Å². The average Bonchev–Trinajstić information content (AvgIpc) is 2.95. The van der Waals surface area contributed by atoms with E-state index >= 15 is 0 Å². The number of rotatable bonds is 6. The van der Waals surface area contributed by atoms with E-state index in [0.717, 1.165) is 11.1 Å². The summed E-state index contributed by atoms with van der Waals surface area (Å²) in [7, 11) is 1.73. The highest BCUT2D eigenvalue weighted by atomic mass is 16.5. The van der Waals surface area contributed by atoms with Gasteiger partial charge in [0.1, 0.15) is 11.3 Å². The lowest BCUT2D eigenvalue weighted by Gasteiger charge is -2.15. The second-order valence-corrected chi connectivity index (χ2v) is 6.93. The fourth-order valence-electron chi connectivity index (χ4n) is 3.07. The molecule has 3 aromatic rings. The molecule has 0 bridgehead atoms. The van der Waals surface area contributed by atoms with Gasteiger partial charge in [-0.3, -0.25) is 4.79 Å². The molecule has 0 radical (unpaired) electrons. The van der Waals surface area contributed by atoms with E-state index in [1.165, 1.54) is 12.1 Å². The first-order chi connectivity index (χ1) is 13.8. The first-order valence-corrected chi connectivity index (χ1v) is 9.18. The number of hydrogen-bond donors (Lipinski definition) is 2. The van der Waals surface area contributed by atoms with Crippen molar-refractivity contribution in [2.45, 2.75) is 26.8 Å². The van der Waals surface area contributed by atoms with Gasteiger partial charge in [-0.2, -0.15) is 5.10 Å². The molecule has 29 heavy (non-hydrogen) atoms. The number of carboxylic acid groups (broad SMARTS) is 1. The topological polar surface area (TPSA) is 93.4 Å². The maximum atomic E-state index is 13.0. The van der Waals surface area contributed by atoms with Crippen LogP contribution in [0.25, 0.3) is 0 Å². The molecule has 7 heteroatoms. The van der Waals surface area contributed by atoms with E-state index in [0.29, 0.717) is 22.9 Å². The van der Waals surface area contributed by atoms with Crippen molar-refractivity contribution in [2.75, 3.05) is 0 Å². The second-order valence-electron chi connectivity index (χ2n) is 6.93. The van der Waals surface area contributed by atoms with Crippen LogP contribution in [-0.4, -0.2) is 26.8 Å². The van der Waals surface area contributed by atoms with Crippen LogP contribution < -0.4 is 10.1 Å². The van der Waals surface area contributed by atoms with E-state index in [1.807, 2.05) is 38.1 Å². The van der Waals surface area contributed by atoms with Crippen molar-refractivity contribution in [3.63, 3.8) is 0 Å². The van der Waals surface area contributed by atoms with E-state index in [2.05, 4.69) is 10.4 Å². The number of ether oxygens (including phenoxy) is 1. The van der Waals surface area contributed by atoms with E-state index < -0.39 is 5.97 Å². The van der Waals surface area contributed by atoms with Gasteiger partial charge in [-0.15, -0.1) is 0 Å². The number of nitrogens with one attached hydrogen (secondary N) is 1. The zero-order chi connectivity index (χ0) is 21.1. The third-order valence-electron chi connectivity index (χ3n) is 4.61. The number of carbonyl (C=O) groups excluding carboxylic acids is 1. The Hall–Kier alpha value is -3.61. The Bertz CT molecular complexity index is 1050. The van der Waals surface area contributed by atoms with Crippen LogP contribution in [0.15, 0.2) is 48.5 Å². The Labute approximate surface area is 168 Å². The van der Waals surface area contributed by atoms with Gasteiger partial charge in [0.05, 0.1) is 17.3 Å². The fourth-order valence-corrected chi connectivity index (χ4v) is 3.07. The molecule has 2 N–H and O–H groups in total. The SMILES string of the molecule is Cc1cccc(Oc2c(C(=O)NC(C)c3ccc(C(=O)O)cc3)c(C)nn2C)c1. The highest BCUT2D eigenvalue weighted by Gasteiger charge is 2.24. The van der Waals surface area contributed by atoms with Crippen molar-refractivity contribution < 1.29 is 19.4 Å². The molecule has 0 aliphatic heterocycles. The zero-order valence-electron chi connectivity index (χ0n) is 16.8. The minimum absolute atomic E-state index is 0.198. The van der Waals surface area contributed by atoms with Crippen molar-refractivity contribution in [3.8, 4) is 11.6 Å². The molecular formula is C22H23N3O4. The van der Waals surface area contributed by atoms with Gasteiger partial charge in [-0.1, -0.05) is 24.3 Å². The molecule has 2 aromatic carbocycles. The lowest BCUT2D eigenvalue weighted by molar-refractivity contribution is 0.0696. The zero-order valence-corrected chi connectivity index (χ0v) is 16.8. The molecular weight excluding hydrogens is 370 g/mol. The highest BCUT2D eigenvalue weighted by Crippen LogP contribution is 2.28. The number of amides is 1. The smallest absolute Gasteiger partial charge is 0.335 e. The van der Waals surface area contributed by atoms with Crippen molar-refractivity contribution in [1.82, 2.24) is 15.1 Å². The Kier molecular flexibility index (Phi) is 5.68. The van der Waals surface area contributed by atoms with Gasteiger partial charge in [0.25, 0.3) is 5.91 Å². The minimum atomic E-state index is -0.989. The van der Waals surface area contributed by atoms with Crippen molar-refractivity contribution >= 4 is 11.9 Å². The number of aryl methyl sites for hydroxylation is 3. The molecule has 3 rings (SSSR count). The molecule has 1 heterocycles. The number of aromatic nitrogens is 2. The minimum Gasteiger partial charge on any atom is -0.478 e. The van der Waals surface area contributed by atoms with Gasteiger partial charge < -0.3 is 15.2 Å². The molecule has 1 atom stereocenters. The van der Waals surface area contributed by atoms with Crippen molar-refractivity contribution in [3.05, 3.63) is 76.5 Å². The second kappa shape index (κ2) is 8.18. The summed E-state index contributed by atoms with van der Waals surface area (Å²) in [5, 5.41) is 16.3. The summed E-state index contributed by atoms with van der Waals surface area (Å²) in [4.78, 5) is 24.0. The van der Waals surface area contributed by atoms with Crippen LogP contribution in [0, 0.1) is 13.8 Å². The van der Waals surface area contributed by atoms with Gasteiger partial charge in [0.2, 0.25) is 5.88 Å². The molecule has 1 amide bonds. The Morgan fingerprint density at radius 3 is 2.45 bits per heavy atom. The Morgan fingerprint density at radius 2 is 1.83 bits per heavy atom. The summed E-state index contributed by atoms with van der Waals surface area (Å²) < 4.78 is 7.51. The number of benzene rings is 2.